The molecule has 136 valence electrons. The molecule has 0 bridgehead atoms. The molecule has 0 aliphatic carbocycles. The first-order valence-corrected chi connectivity index (χ1v) is 8.23. The van der Waals surface area contributed by atoms with Gasteiger partial charge in [-0.25, -0.2) is 0 Å². The maximum Gasteiger partial charge on any atom is 0.305 e. The van der Waals surface area contributed by atoms with E-state index in [9.17, 15) is 14.4 Å². The van der Waals surface area contributed by atoms with Crippen LogP contribution in [-0.4, -0.2) is 53.6 Å². The summed E-state index contributed by atoms with van der Waals surface area (Å²) in [6.45, 7) is 3.04. The molecule has 2 rings (SSSR count). The van der Waals surface area contributed by atoms with Crippen LogP contribution in [0.3, 0.4) is 0 Å². The van der Waals surface area contributed by atoms with E-state index in [1.807, 2.05) is 12.1 Å². The number of rotatable bonds is 8. The number of ether oxygens (including phenoxy) is 1. The predicted octanol–water partition coefficient (Wildman–Crippen LogP) is 1.42. The van der Waals surface area contributed by atoms with E-state index in [2.05, 4.69) is 5.32 Å². The molecule has 1 aromatic carbocycles. The summed E-state index contributed by atoms with van der Waals surface area (Å²) in [7, 11) is 1.46. The van der Waals surface area contributed by atoms with Crippen LogP contribution in [0.1, 0.15) is 42.1 Å². The van der Waals surface area contributed by atoms with E-state index >= 15 is 0 Å². The van der Waals surface area contributed by atoms with Crippen LogP contribution in [0.15, 0.2) is 24.3 Å². The van der Waals surface area contributed by atoms with Gasteiger partial charge in [-0.05, 0) is 31.0 Å². The number of likely N-dealkylation sites (tertiary alicyclic amines) is 1. The molecule has 25 heavy (non-hydrogen) atoms. The average molecular weight is 348 g/mol. The average Bonchev–Trinajstić information content (AvgIpc) is 2.92. The first kappa shape index (κ1) is 18.9. The molecule has 7 nitrogen and oxygen atoms in total. The first-order valence-electron chi connectivity index (χ1n) is 8.23. The lowest BCUT2D eigenvalue weighted by molar-refractivity contribution is -0.139. The normalized spacial score (nSPS) is 16.6. The number of carbonyl (C=O) groups is 3. The van der Waals surface area contributed by atoms with Crippen LogP contribution in [0.2, 0.25) is 0 Å². The molecular formula is C18H24N2O5. The highest BCUT2D eigenvalue weighted by molar-refractivity contribution is 5.95. The molecule has 7 heteroatoms. The monoisotopic (exact) mass is 348 g/mol. The number of amides is 2. The van der Waals surface area contributed by atoms with Crippen molar-refractivity contribution >= 4 is 17.8 Å². The van der Waals surface area contributed by atoms with Crippen molar-refractivity contribution in [3.63, 3.8) is 0 Å². The molecule has 0 spiro atoms. The molecule has 1 atom stereocenters. The highest BCUT2D eigenvalue weighted by Crippen LogP contribution is 2.16. The van der Waals surface area contributed by atoms with Crippen LogP contribution in [0.25, 0.3) is 0 Å². The highest BCUT2D eigenvalue weighted by atomic mass is 16.5. The Labute approximate surface area is 147 Å². The zero-order valence-corrected chi connectivity index (χ0v) is 14.6. The van der Waals surface area contributed by atoms with E-state index in [1.165, 1.54) is 7.11 Å². The third-order valence-electron chi connectivity index (χ3n) is 4.18. The maximum absolute atomic E-state index is 12.4. The number of hydrogen-bond acceptors (Lipinski definition) is 4. The molecule has 1 fully saturated rings. The highest BCUT2D eigenvalue weighted by Gasteiger charge is 2.30. The van der Waals surface area contributed by atoms with Gasteiger partial charge in [-0.15, -0.1) is 0 Å². The maximum atomic E-state index is 12.4. The smallest absolute Gasteiger partial charge is 0.305 e. The summed E-state index contributed by atoms with van der Waals surface area (Å²) in [5.41, 5.74) is 0.402. The SMILES string of the molecule is COCC(C)(CC(=O)O)NC(=O)c1ccc(CN2CCCC2=O)cc1. The van der Waals surface area contributed by atoms with Gasteiger partial charge in [0.2, 0.25) is 5.91 Å². The molecule has 0 saturated carbocycles. The minimum atomic E-state index is -1.01. The second-order valence-corrected chi connectivity index (χ2v) is 6.63. The van der Waals surface area contributed by atoms with Crippen molar-refractivity contribution in [2.45, 2.75) is 38.3 Å². The Morgan fingerprint density at radius 3 is 2.52 bits per heavy atom. The Hall–Kier alpha value is -2.41. The van der Waals surface area contributed by atoms with Gasteiger partial charge in [0.05, 0.1) is 18.6 Å². The van der Waals surface area contributed by atoms with Crippen molar-refractivity contribution in [3.05, 3.63) is 35.4 Å². The molecule has 1 aromatic rings. The summed E-state index contributed by atoms with van der Waals surface area (Å²) < 4.78 is 5.03. The third-order valence-corrected chi connectivity index (χ3v) is 4.18. The molecule has 1 aliphatic rings. The molecule has 1 saturated heterocycles. The summed E-state index contributed by atoms with van der Waals surface area (Å²) in [6.07, 6.45) is 1.25. The quantitative estimate of drug-likeness (QED) is 0.741. The van der Waals surface area contributed by atoms with Gasteiger partial charge in [0.1, 0.15) is 0 Å². The van der Waals surface area contributed by atoms with Crippen molar-refractivity contribution in [1.29, 1.82) is 0 Å². The van der Waals surface area contributed by atoms with E-state index in [0.29, 0.717) is 18.5 Å². The number of nitrogens with zero attached hydrogens (tertiary/aromatic N) is 1. The summed E-state index contributed by atoms with van der Waals surface area (Å²) in [5, 5.41) is 11.7. The van der Waals surface area contributed by atoms with Crippen LogP contribution >= 0.6 is 0 Å². The second-order valence-electron chi connectivity index (χ2n) is 6.63. The summed E-state index contributed by atoms with van der Waals surface area (Å²) >= 11 is 0. The number of nitrogens with one attached hydrogen (secondary N) is 1. The van der Waals surface area contributed by atoms with Gasteiger partial charge in [-0.2, -0.15) is 0 Å². The fourth-order valence-electron chi connectivity index (χ4n) is 2.98. The summed E-state index contributed by atoms with van der Waals surface area (Å²) in [4.78, 5) is 36.9. The largest absolute Gasteiger partial charge is 0.481 e. The van der Waals surface area contributed by atoms with Crippen LogP contribution in [0, 0.1) is 0 Å². The Bertz CT molecular complexity index is 643. The Kier molecular flexibility index (Phi) is 6.14. The van der Waals surface area contributed by atoms with E-state index in [-0.39, 0.29) is 24.8 Å². The van der Waals surface area contributed by atoms with Gasteiger partial charge in [0.15, 0.2) is 0 Å². The van der Waals surface area contributed by atoms with Gasteiger partial charge >= 0.3 is 5.97 Å². The van der Waals surface area contributed by atoms with E-state index in [1.54, 1.807) is 24.0 Å². The molecule has 1 heterocycles. The number of carboxylic acid groups (broad SMARTS) is 1. The van der Waals surface area contributed by atoms with E-state index in [4.69, 9.17) is 9.84 Å². The van der Waals surface area contributed by atoms with Crippen molar-refractivity contribution in [3.8, 4) is 0 Å². The van der Waals surface area contributed by atoms with Crippen molar-refractivity contribution < 1.29 is 24.2 Å². The Morgan fingerprint density at radius 1 is 1.32 bits per heavy atom. The molecule has 1 aliphatic heterocycles. The molecular weight excluding hydrogens is 324 g/mol. The number of methoxy groups -OCH3 is 1. The summed E-state index contributed by atoms with van der Waals surface area (Å²) in [5.74, 6) is -1.21. The molecule has 1 unspecified atom stereocenters. The molecule has 2 N–H and O–H groups in total. The number of aliphatic carboxylic acids is 1. The topological polar surface area (TPSA) is 95.9 Å². The van der Waals surface area contributed by atoms with Gasteiger partial charge in [0.25, 0.3) is 5.91 Å². The third kappa shape index (κ3) is 5.29. The van der Waals surface area contributed by atoms with Crippen molar-refractivity contribution in [2.75, 3.05) is 20.3 Å². The van der Waals surface area contributed by atoms with Crippen molar-refractivity contribution in [1.82, 2.24) is 10.2 Å². The lowest BCUT2D eigenvalue weighted by Gasteiger charge is -2.28. The van der Waals surface area contributed by atoms with E-state index in [0.717, 1.165) is 18.5 Å². The van der Waals surface area contributed by atoms with Crippen LogP contribution in [0.4, 0.5) is 0 Å². The Morgan fingerprint density at radius 2 is 2.00 bits per heavy atom. The predicted molar refractivity (Wildman–Crippen MR) is 91.1 cm³/mol. The molecule has 0 radical (unpaired) electrons. The van der Waals surface area contributed by atoms with Crippen LogP contribution < -0.4 is 5.32 Å². The fourth-order valence-corrected chi connectivity index (χ4v) is 2.98. The van der Waals surface area contributed by atoms with Crippen LogP contribution in [0.5, 0.6) is 0 Å². The van der Waals surface area contributed by atoms with E-state index < -0.39 is 11.5 Å². The lowest BCUT2D eigenvalue weighted by atomic mass is 9.98. The minimum Gasteiger partial charge on any atom is -0.481 e. The standard InChI is InChI=1S/C18H24N2O5/c1-18(12-25-2,10-16(22)23)19-17(24)14-7-5-13(6-8-14)11-20-9-3-4-15(20)21/h5-8H,3-4,9-12H2,1-2H3,(H,19,24)(H,22,23). The summed E-state index contributed by atoms with van der Waals surface area (Å²) in [6, 6.07) is 6.98. The van der Waals surface area contributed by atoms with Gasteiger partial charge < -0.3 is 20.1 Å². The first-order chi connectivity index (χ1) is 11.8. The lowest BCUT2D eigenvalue weighted by Crippen LogP contribution is -2.50. The number of carboxylic acids is 1. The molecule has 2 amide bonds. The fraction of sp³-hybridized carbons (Fsp3) is 0.500. The minimum absolute atomic E-state index is 0.0974. The Balaban J connectivity index is 2.01. The second kappa shape index (κ2) is 8.11. The van der Waals surface area contributed by atoms with Crippen molar-refractivity contribution in [2.24, 2.45) is 0 Å². The van der Waals surface area contributed by atoms with Crippen LogP contribution in [-0.2, 0) is 20.9 Å². The van der Waals surface area contributed by atoms with Gasteiger partial charge in [-0.3, -0.25) is 14.4 Å². The van der Waals surface area contributed by atoms with Gasteiger partial charge in [-0.1, -0.05) is 12.1 Å². The zero-order valence-electron chi connectivity index (χ0n) is 14.6. The number of hydrogen-bond donors (Lipinski definition) is 2. The zero-order chi connectivity index (χ0) is 18.4. The van der Waals surface area contributed by atoms with Gasteiger partial charge in [0, 0.05) is 32.2 Å². The number of benzene rings is 1. The number of carbonyl (C=O) groups excluding carboxylic acids is 2. The molecule has 0 aromatic heterocycles.